The molecule has 1 aliphatic carbocycles. The number of aromatic nitrogens is 2. The van der Waals surface area contributed by atoms with Gasteiger partial charge in [-0.2, -0.15) is 5.10 Å². The molecule has 2 rings (SSSR count). The molecule has 0 saturated heterocycles. The fraction of sp³-hybridized carbons (Fsp3) is 0.500. The van der Waals surface area contributed by atoms with E-state index in [1.165, 1.54) is 0 Å². The van der Waals surface area contributed by atoms with E-state index < -0.39 is 5.97 Å². The molecule has 1 aliphatic rings. The van der Waals surface area contributed by atoms with E-state index in [9.17, 15) is 4.79 Å². The molecule has 4 nitrogen and oxygen atoms in total. The van der Waals surface area contributed by atoms with E-state index in [-0.39, 0.29) is 10.7 Å². The van der Waals surface area contributed by atoms with E-state index in [0.717, 1.165) is 12.8 Å². The summed E-state index contributed by atoms with van der Waals surface area (Å²) < 4.78 is 1.61. The van der Waals surface area contributed by atoms with Gasteiger partial charge in [0.1, 0.15) is 10.7 Å². The second kappa shape index (κ2) is 2.73. The van der Waals surface area contributed by atoms with E-state index in [1.54, 1.807) is 11.6 Å². The lowest BCUT2D eigenvalue weighted by molar-refractivity contribution is 0.0696. The Kier molecular flexibility index (Phi) is 1.80. The molecule has 1 aromatic heterocycles. The first-order valence-corrected chi connectivity index (χ1v) is 4.47. The third kappa shape index (κ3) is 1.31. The molecule has 0 aromatic carbocycles. The minimum absolute atomic E-state index is 0.133. The number of hydrogen-bond acceptors (Lipinski definition) is 2. The van der Waals surface area contributed by atoms with Crippen LogP contribution in [0.5, 0.6) is 0 Å². The summed E-state index contributed by atoms with van der Waals surface area (Å²) in [6, 6.07) is 0.319. The van der Waals surface area contributed by atoms with Gasteiger partial charge < -0.3 is 5.11 Å². The van der Waals surface area contributed by atoms with Gasteiger partial charge in [0, 0.05) is 0 Å². The maximum atomic E-state index is 10.8. The van der Waals surface area contributed by atoms with Crippen molar-refractivity contribution in [3.05, 3.63) is 16.4 Å². The first-order chi connectivity index (χ1) is 6.11. The summed E-state index contributed by atoms with van der Waals surface area (Å²) >= 11 is 5.88. The molecule has 5 heteroatoms. The minimum Gasteiger partial charge on any atom is -0.478 e. The average molecular weight is 201 g/mol. The lowest BCUT2D eigenvalue weighted by Crippen LogP contribution is -1.99. The van der Waals surface area contributed by atoms with Gasteiger partial charge in [-0.1, -0.05) is 11.6 Å². The number of carbonyl (C=O) groups is 1. The van der Waals surface area contributed by atoms with Crippen molar-refractivity contribution in [1.29, 1.82) is 0 Å². The number of aromatic carboxylic acids is 1. The van der Waals surface area contributed by atoms with E-state index in [0.29, 0.717) is 11.7 Å². The van der Waals surface area contributed by atoms with Gasteiger partial charge in [-0.25, -0.2) is 9.48 Å². The smallest absolute Gasteiger partial charge is 0.340 e. The Morgan fingerprint density at radius 3 is 2.69 bits per heavy atom. The lowest BCUT2D eigenvalue weighted by atomic mass is 10.3. The standard InChI is InChI=1S/C8H9ClN2O2/c1-4-6(8(12)13)7(9)11(10-4)5-2-3-5/h5H,2-3H2,1H3,(H,12,13). The summed E-state index contributed by atoms with van der Waals surface area (Å²) in [5, 5.41) is 13.2. The highest BCUT2D eigenvalue weighted by Gasteiger charge is 2.30. The van der Waals surface area contributed by atoms with Gasteiger partial charge in [-0.05, 0) is 19.8 Å². The number of rotatable bonds is 2. The van der Waals surface area contributed by atoms with Crippen LogP contribution >= 0.6 is 11.6 Å². The van der Waals surface area contributed by atoms with Crippen LogP contribution in [-0.4, -0.2) is 20.9 Å². The first-order valence-electron chi connectivity index (χ1n) is 4.09. The van der Waals surface area contributed by atoms with E-state index in [1.807, 2.05) is 0 Å². The largest absolute Gasteiger partial charge is 0.478 e. The van der Waals surface area contributed by atoms with Gasteiger partial charge >= 0.3 is 5.97 Å². The quantitative estimate of drug-likeness (QED) is 0.793. The molecule has 1 N–H and O–H groups in total. The fourth-order valence-electron chi connectivity index (χ4n) is 1.32. The Hall–Kier alpha value is -1.03. The lowest BCUT2D eigenvalue weighted by Gasteiger charge is -1.97. The van der Waals surface area contributed by atoms with Crippen LogP contribution in [0.1, 0.15) is 34.9 Å². The van der Waals surface area contributed by atoms with Crippen molar-refractivity contribution in [2.24, 2.45) is 0 Å². The zero-order chi connectivity index (χ0) is 9.59. The topological polar surface area (TPSA) is 55.1 Å². The molecule has 13 heavy (non-hydrogen) atoms. The molecule has 1 aromatic rings. The molecule has 1 saturated carbocycles. The Balaban J connectivity index is 2.50. The summed E-state index contributed by atoms with van der Waals surface area (Å²) in [6.07, 6.45) is 2.08. The summed E-state index contributed by atoms with van der Waals surface area (Å²) in [5.41, 5.74) is 0.623. The predicted molar refractivity (Wildman–Crippen MR) is 47.2 cm³/mol. The second-order valence-corrected chi connectivity index (χ2v) is 3.59. The SMILES string of the molecule is Cc1nn(C2CC2)c(Cl)c1C(=O)O. The Labute approximate surface area is 80.1 Å². The van der Waals surface area contributed by atoms with Gasteiger partial charge in [-0.3, -0.25) is 0 Å². The van der Waals surface area contributed by atoms with Crippen molar-refractivity contribution in [3.8, 4) is 0 Å². The molecule has 0 spiro atoms. The normalized spacial score (nSPS) is 16.2. The highest BCUT2D eigenvalue weighted by atomic mass is 35.5. The minimum atomic E-state index is -1.01. The van der Waals surface area contributed by atoms with Crippen molar-refractivity contribution >= 4 is 17.6 Å². The Bertz CT molecular complexity index is 368. The van der Waals surface area contributed by atoms with Crippen molar-refractivity contribution in [2.45, 2.75) is 25.8 Å². The number of nitrogens with zero attached hydrogens (tertiary/aromatic N) is 2. The summed E-state index contributed by atoms with van der Waals surface area (Å²) in [7, 11) is 0. The molecule has 0 radical (unpaired) electrons. The molecule has 0 bridgehead atoms. The Morgan fingerprint density at radius 1 is 1.69 bits per heavy atom. The molecule has 1 heterocycles. The van der Waals surface area contributed by atoms with Crippen LogP contribution < -0.4 is 0 Å². The van der Waals surface area contributed by atoms with E-state index in [2.05, 4.69) is 5.10 Å². The first kappa shape index (κ1) is 8.56. The second-order valence-electron chi connectivity index (χ2n) is 3.23. The molecule has 1 fully saturated rings. The van der Waals surface area contributed by atoms with Crippen LogP contribution in [0.2, 0.25) is 5.15 Å². The van der Waals surface area contributed by atoms with Crippen LogP contribution in [0.3, 0.4) is 0 Å². The van der Waals surface area contributed by atoms with Gasteiger partial charge in [0.05, 0.1) is 11.7 Å². The maximum absolute atomic E-state index is 10.8. The van der Waals surface area contributed by atoms with Crippen molar-refractivity contribution in [3.63, 3.8) is 0 Å². The molecule has 0 amide bonds. The molecule has 70 valence electrons. The summed E-state index contributed by atoms with van der Waals surface area (Å²) in [4.78, 5) is 10.8. The number of carboxylic acids is 1. The molecular formula is C8H9ClN2O2. The summed E-state index contributed by atoms with van der Waals surface area (Å²) in [6.45, 7) is 1.66. The van der Waals surface area contributed by atoms with Gasteiger partial charge in [-0.15, -0.1) is 0 Å². The van der Waals surface area contributed by atoms with Crippen LogP contribution in [0.15, 0.2) is 0 Å². The number of hydrogen-bond donors (Lipinski definition) is 1. The van der Waals surface area contributed by atoms with Crippen LogP contribution in [0.25, 0.3) is 0 Å². The van der Waals surface area contributed by atoms with E-state index in [4.69, 9.17) is 16.7 Å². The van der Waals surface area contributed by atoms with Crippen LogP contribution in [0.4, 0.5) is 0 Å². The van der Waals surface area contributed by atoms with E-state index >= 15 is 0 Å². The highest BCUT2D eigenvalue weighted by molar-refractivity contribution is 6.32. The summed E-state index contributed by atoms with van der Waals surface area (Å²) in [5.74, 6) is -1.01. The molecule has 0 aliphatic heterocycles. The zero-order valence-electron chi connectivity index (χ0n) is 7.12. The zero-order valence-corrected chi connectivity index (χ0v) is 7.88. The Morgan fingerprint density at radius 2 is 2.31 bits per heavy atom. The monoisotopic (exact) mass is 200 g/mol. The maximum Gasteiger partial charge on any atom is 0.340 e. The third-order valence-corrected chi connectivity index (χ3v) is 2.50. The molecular weight excluding hydrogens is 192 g/mol. The number of halogens is 1. The van der Waals surface area contributed by atoms with Crippen molar-refractivity contribution < 1.29 is 9.90 Å². The van der Waals surface area contributed by atoms with Crippen molar-refractivity contribution in [2.75, 3.05) is 0 Å². The third-order valence-electron chi connectivity index (χ3n) is 2.13. The average Bonchev–Trinajstić information content (AvgIpc) is 2.78. The van der Waals surface area contributed by atoms with Gasteiger partial charge in [0.2, 0.25) is 0 Å². The van der Waals surface area contributed by atoms with Crippen molar-refractivity contribution in [1.82, 2.24) is 9.78 Å². The number of aryl methyl sites for hydroxylation is 1. The van der Waals surface area contributed by atoms with Crippen LogP contribution in [0, 0.1) is 6.92 Å². The van der Waals surface area contributed by atoms with Gasteiger partial charge in [0.25, 0.3) is 0 Å². The van der Waals surface area contributed by atoms with Crippen LogP contribution in [-0.2, 0) is 0 Å². The predicted octanol–water partition coefficient (Wildman–Crippen LogP) is 1.88. The fourth-order valence-corrected chi connectivity index (χ4v) is 1.72. The number of carboxylic acid groups (broad SMARTS) is 1. The molecule has 0 atom stereocenters. The van der Waals surface area contributed by atoms with Gasteiger partial charge in [0.15, 0.2) is 0 Å². The molecule has 0 unspecified atom stereocenters. The highest BCUT2D eigenvalue weighted by Crippen LogP contribution is 2.38.